The van der Waals surface area contributed by atoms with Crippen molar-refractivity contribution in [2.24, 2.45) is 0 Å². The van der Waals surface area contributed by atoms with Crippen LogP contribution in [0.4, 0.5) is 11.4 Å². The topological polar surface area (TPSA) is 72.4 Å². The number of piperidine rings is 1. The van der Waals surface area contributed by atoms with Crippen LogP contribution in [0.15, 0.2) is 18.2 Å². The van der Waals surface area contributed by atoms with Crippen LogP contribution in [-0.4, -0.2) is 23.9 Å². The number of nitrogens with zero attached hydrogens (tertiary/aromatic N) is 1. The highest BCUT2D eigenvalue weighted by Gasteiger charge is 2.16. The first-order chi connectivity index (χ1) is 8.16. The van der Waals surface area contributed by atoms with Crippen LogP contribution >= 0.6 is 0 Å². The van der Waals surface area contributed by atoms with Gasteiger partial charge in [-0.25, -0.2) is 0 Å². The van der Waals surface area contributed by atoms with E-state index in [1.807, 2.05) is 11.0 Å². The van der Waals surface area contributed by atoms with Crippen LogP contribution in [0.5, 0.6) is 0 Å². The number of likely N-dealkylation sites (tertiary alicyclic amines) is 1. The smallest absolute Gasteiger partial charge is 0.226 e. The third-order valence-corrected chi connectivity index (χ3v) is 3.22. The fourth-order valence-electron chi connectivity index (χ4n) is 2.16. The summed E-state index contributed by atoms with van der Waals surface area (Å²) in [5, 5.41) is 0. The number of hydrogen-bond acceptors (Lipinski definition) is 3. The molecule has 0 aliphatic carbocycles. The molecule has 0 radical (unpaired) electrons. The van der Waals surface area contributed by atoms with E-state index < -0.39 is 0 Å². The molecule has 1 saturated heterocycles. The molecular weight excluding hydrogens is 214 g/mol. The van der Waals surface area contributed by atoms with Crippen molar-refractivity contribution >= 4 is 17.3 Å². The molecule has 0 unspecified atom stereocenters. The van der Waals surface area contributed by atoms with Crippen molar-refractivity contribution < 1.29 is 4.79 Å². The molecule has 1 aliphatic rings. The molecule has 1 aromatic rings. The Labute approximate surface area is 102 Å². The molecule has 2 rings (SSSR count). The van der Waals surface area contributed by atoms with E-state index in [0.717, 1.165) is 31.5 Å². The minimum absolute atomic E-state index is 0.189. The van der Waals surface area contributed by atoms with Crippen LogP contribution < -0.4 is 11.5 Å². The first kappa shape index (κ1) is 11.8. The number of benzene rings is 1. The molecular formula is C13H19N3O. The van der Waals surface area contributed by atoms with Crippen LogP contribution in [0.2, 0.25) is 0 Å². The van der Waals surface area contributed by atoms with E-state index in [-0.39, 0.29) is 5.91 Å². The second-order valence-electron chi connectivity index (χ2n) is 4.58. The molecule has 1 fully saturated rings. The van der Waals surface area contributed by atoms with Gasteiger partial charge in [0, 0.05) is 13.1 Å². The number of amides is 1. The predicted octanol–water partition coefficient (Wildman–Crippen LogP) is 1.41. The van der Waals surface area contributed by atoms with Crippen LogP contribution in [0, 0.1) is 0 Å². The van der Waals surface area contributed by atoms with Gasteiger partial charge in [0.15, 0.2) is 0 Å². The zero-order valence-electron chi connectivity index (χ0n) is 9.98. The van der Waals surface area contributed by atoms with Gasteiger partial charge in [0.05, 0.1) is 17.8 Å². The van der Waals surface area contributed by atoms with E-state index in [1.54, 1.807) is 12.1 Å². The molecule has 4 heteroatoms. The van der Waals surface area contributed by atoms with Crippen molar-refractivity contribution in [1.29, 1.82) is 0 Å². The van der Waals surface area contributed by atoms with Crippen LogP contribution in [0.3, 0.4) is 0 Å². The quantitative estimate of drug-likeness (QED) is 0.758. The molecule has 0 atom stereocenters. The lowest BCUT2D eigenvalue weighted by atomic mass is 10.1. The summed E-state index contributed by atoms with van der Waals surface area (Å²) in [6, 6.07) is 5.42. The summed E-state index contributed by atoms with van der Waals surface area (Å²) < 4.78 is 0. The highest BCUT2D eigenvalue weighted by Crippen LogP contribution is 2.17. The maximum Gasteiger partial charge on any atom is 0.226 e. The van der Waals surface area contributed by atoms with Gasteiger partial charge in [0.25, 0.3) is 0 Å². The van der Waals surface area contributed by atoms with Gasteiger partial charge in [0.2, 0.25) is 5.91 Å². The highest BCUT2D eigenvalue weighted by atomic mass is 16.2. The monoisotopic (exact) mass is 233 g/mol. The first-order valence-electron chi connectivity index (χ1n) is 6.08. The van der Waals surface area contributed by atoms with Crippen LogP contribution in [0.1, 0.15) is 24.8 Å². The molecule has 17 heavy (non-hydrogen) atoms. The molecule has 0 saturated carbocycles. The number of carbonyl (C=O) groups excluding carboxylic acids is 1. The highest BCUT2D eigenvalue weighted by molar-refractivity contribution is 5.79. The summed E-state index contributed by atoms with van der Waals surface area (Å²) in [6.07, 6.45) is 3.90. The van der Waals surface area contributed by atoms with Crippen molar-refractivity contribution in [3.8, 4) is 0 Å². The maximum absolute atomic E-state index is 12.0. The Kier molecular flexibility index (Phi) is 3.52. The number of hydrogen-bond donors (Lipinski definition) is 2. The zero-order chi connectivity index (χ0) is 12.3. The SMILES string of the molecule is Nc1ccc(CC(=O)N2CCCCC2)cc1N. The summed E-state index contributed by atoms with van der Waals surface area (Å²) in [6.45, 7) is 1.78. The van der Waals surface area contributed by atoms with Gasteiger partial charge in [-0.05, 0) is 37.0 Å². The number of carbonyl (C=O) groups is 1. The van der Waals surface area contributed by atoms with E-state index in [1.165, 1.54) is 6.42 Å². The van der Waals surface area contributed by atoms with Crippen molar-refractivity contribution in [3.05, 3.63) is 23.8 Å². The normalized spacial score (nSPS) is 15.9. The Morgan fingerprint density at radius 2 is 1.82 bits per heavy atom. The Hall–Kier alpha value is -1.71. The second-order valence-corrected chi connectivity index (χ2v) is 4.58. The lowest BCUT2D eigenvalue weighted by Crippen LogP contribution is -2.36. The third-order valence-electron chi connectivity index (χ3n) is 3.22. The minimum Gasteiger partial charge on any atom is -0.397 e. The van der Waals surface area contributed by atoms with E-state index >= 15 is 0 Å². The molecule has 4 nitrogen and oxygen atoms in total. The van der Waals surface area contributed by atoms with Crippen molar-refractivity contribution in [2.75, 3.05) is 24.6 Å². The van der Waals surface area contributed by atoms with E-state index in [0.29, 0.717) is 17.8 Å². The average molecular weight is 233 g/mol. The van der Waals surface area contributed by atoms with Gasteiger partial charge in [-0.1, -0.05) is 6.07 Å². The summed E-state index contributed by atoms with van der Waals surface area (Å²) in [5.74, 6) is 0.189. The average Bonchev–Trinajstić information content (AvgIpc) is 2.35. The number of nitrogen functional groups attached to an aromatic ring is 2. The number of rotatable bonds is 2. The largest absolute Gasteiger partial charge is 0.397 e. The second kappa shape index (κ2) is 5.08. The standard InChI is InChI=1S/C13H19N3O/c14-11-5-4-10(8-12(11)15)9-13(17)16-6-2-1-3-7-16/h4-5,8H,1-3,6-7,9,14-15H2. The van der Waals surface area contributed by atoms with Crippen LogP contribution in [0.25, 0.3) is 0 Å². The fraction of sp³-hybridized carbons (Fsp3) is 0.462. The van der Waals surface area contributed by atoms with Crippen LogP contribution in [-0.2, 0) is 11.2 Å². The van der Waals surface area contributed by atoms with Gasteiger partial charge >= 0.3 is 0 Å². The van der Waals surface area contributed by atoms with Gasteiger partial charge < -0.3 is 16.4 Å². The number of nitrogens with two attached hydrogens (primary N) is 2. The molecule has 1 aromatic carbocycles. The molecule has 4 N–H and O–H groups in total. The molecule has 1 aliphatic heterocycles. The summed E-state index contributed by atoms with van der Waals surface area (Å²) in [7, 11) is 0. The molecule has 1 heterocycles. The lowest BCUT2D eigenvalue weighted by Gasteiger charge is -2.26. The van der Waals surface area contributed by atoms with Gasteiger partial charge in [0.1, 0.15) is 0 Å². The lowest BCUT2D eigenvalue weighted by molar-refractivity contribution is -0.131. The van der Waals surface area contributed by atoms with Gasteiger partial charge in [-0.15, -0.1) is 0 Å². The minimum atomic E-state index is 0.189. The Morgan fingerprint density at radius 1 is 1.12 bits per heavy atom. The Bertz CT molecular complexity index is 411. The van der Waals surface area contributed by atoms with Crippen molar-refractivity contribution in [1.82, 2.24) is 4.90 Å². The third kappa shape index (κ3) is 2.90. The van der Waals surface area contributed by atoms with Gasteiger partial charge in [-0.3, -0.25) is 4.79 Å². The maximum atomic E-state index is 12.0. The number of anilines is 2. The molecule has 1 amide bonds. The van der Waals surface area contributed by atoms with E-state index in [2.05, 4.69) is 0 Å². The summed E-state index contributed by atoms with van der Waals surface area (Å²) >= 11 is 0. The van der Waals surface area contributed by atoms with Crippen molar-refractivity contribution in [3.63, 3.8) is 0 Å². The Balaban J connectivity index is 1.99. The molecule has 0 aromatic heterocycles. The Morgan fingerprint density at radius 3 is 2.47 bits per heavy atom. The zero-order valence-corrected chi connectivity index (χ0v) is 9.98. The first-order valence-corrected chi connectivity index (χ1v) is 6.08. The van der Waals surface area contributed by atoms with E-state index in [9.17, 15) is 4.79 Å². The summed E-state index contributed by atoms with van der Waals surface area (Å²) in [5.41, 5.74) is 13.4. The fourth-order valence-corrected chi connectivity index (χ4v) is 2.16. The summed E-state index contributed by atoms with van der Waals surface area (Å²) in [4.78, 5) is 14.0. The van der Waals surface area contributed by atoms with Crippen molar-refractivity contribution in [2.45, 2.75) is 25.7 Å². The predicted molar refractivity (Wildman–Crippen MR) is 69.4 cm³/mol. The molecule has 0 spiro atoms. The van der Waals surface area contributed by atoms with E-state index in [4.69, 9.17) is 11.5 Å². The molecule has 92 valence electrons. The molecule has 0 bridgehead atoms. The van der Waals surface area contributed by atoms with Gasteiger partial charge in [-0.2, -0.15) is 0 Å².